The molecule has 0 unspecified atom stereocenters. The molecular formula is C15H20FN3O5S. The molecule has 8 nitrogen and oxygen atoms in total. The van der Waals surface area contributed by atoms with Gasteiger partial charge in [0.05, 0.1) is 0 Å². The molecule has 1 amide bonds. The number of amides is 1. The minimum Gasteiger partial charge on any atom is -0.508 e. The third kappa shape index (κ3) is 3.19. The number of sulfonamides is 1. The number of amidine groups is 1. The van der Waals surface area contributed by atoms with Crippen molar-refractivity contribution in [3.63, 3.8) is 0 Å². The molecule has 0 spiro atoms. The molecule has 10 heteroatoms. The summed E-state index contributed by atoms with van der Waals surface area (Å²) in [6.45, 7) is 3.88. The summed E-state index contributed by atoms with van der Waals surface area (Å²) in [5, 5.41) is 20.8. The van der Waals surface area contributed by atoms with Crippen LogP contribution in [0.25, 0.3) is 0 Å². The molecule has 3 N–H and O–H groups in total. The van der Waals surface area contributed by atoms with Gasteiger partial charge in [0.25, 0.3) is 0 Å². The Balaban J connectivity index is 2.77. The number of aliphatic imine (C=N–C) groups is 1. The second kappa shape index (κ2) is 5.95. The number of rotatable bonds is 1. The molecule has 0 fully saturated rings. The first-order valence-corrected chi connectivity index (χ1v) is 8.80. The average molecular weight is 373 g/mol. The fourth-order valence-electron chi connectivity index (χ4n) is 2.80. The molecule has 1 aromatic carbocycles. The lowest BCUT2D eigenvalue weighted by molar-refractivity contribution is 0.199. The minimum absolute atomic E-state index is 0.0445. The van der Waals surface area contributed by atoms with Crippen molar-refractivity contribution in [1.82, 2.24) is 9.62 Å². The van der Waals surface area contributed by atoms with Gasteiger partial charge in [0.2, 0.25) is 10.0 Å². The molecule has 1 aliphatic heterocycles. The number of nitrogens with one attached hydrogen (secondary N) is 1. The molecular weight excluding hydrogens is 353 g/mol. The Bertz CT molecular complexity index is 853. The van der Waals surface area contributed by atoms with Crippen LogP contribution in [0.15, 0.2) is 23.2 Å². The first-order valence-electron chi connectivity index (χ1n) is 7.36. The van der Waals surface area contributed by atoms with Gasteiger partial charge >= 0.3 is 6.09 Å². The van der Waals surface area contributed by atoms with Crippen LogP contribution >= 0.6 is 0 Å². The summed E-state index contributed by atoms with van der Waals surface area (Å²) in [5.41, 5.74) is -1.49. The highest BCUT2D eigenvalue weighted by atomic mass is 32.2. The van der Waals surface area contributed by atoms with E-state index in [1.807, 2.05) is 5.32 Å². The fraction of sp³-hybridized carbons (Fsp3) is 0.467. The molecule has 0 saturated heterocycles. The zero-order valence-corrected chi connectivity index (χ0v) is 15.1. The molecule has 0 radical (unpaired) electrons. The van der Waals surface area contributed by atoms with Gasteiger partial charge in [-0.1, -0.05) is 0 Å². The van der Waals surface area contributed by atoms with Crippen molar-refractivity contribution in [2.75, 3.05) is 13.6 Å². The number of carboxylic acid groups (broad SMARTS) is 1. The summed E-state index contributed by atoms with van der Waals surface area (Å²) in [4.78, 5) is 15.4. The van der Waals surface area contributed by atoms with Gasteiger partial charge in [-0.15, -0.1) is 0 Å². The van der Waals surface area contributed by atoms with Gasteiger partial charge in [0.1, 0.15) is 27.7 Å². The summed E-state index contributed by atoms with van der Waals surface area (Å²) >= 11 is 0. The first-order chi connectivity index (χ1) is 11.3. The van der Waals surface area contributed by atoms with Crippen LogP contribution in [0.4, 0.5) is 9.18 Å². The normalized spacial score (nSPS) is 25.7. The highest BCUT2D eigenvalue weighted by Gasteiger charge is 2.49. The molecule has 0 bridgehead atoms. The van der Waals surface area contributed by atoms with Gasteiger partial charge in [0, 0.05) is 19.2 Å². The van der Waals surface area contributed by atoms with Crippen LogP contribution in [0, 0.1) is 5.82 Å². The third-order valence-electron chi connectivity index (χ3n) is 4.27. The van der Waals surface area contributed by atoms with E-state index in [4.69, 9.17) is 5.11 Å². The SMILES string of the molecule is CN1C[C@@](C)(c2cc(O)ccc2F)N=C(NC(=O)O)C(C)(C)S1(=O)=O. The van der Waals surface area contributed by atoms with Crippen LogP contribution in [0.5, 0.6) is 5.75 Å². The summed E-state index contributed by atoms with van der Waals surface area (Å²) in [7, 11) is -2.67. The number of phenolic OH excluding ortho intramolecular Hbond substituents is 1. The van der Waals surface area contributed by atoms with Crippen molar-refractivity contribution in [2.24, 2.45) is 4.99 Å². The Morgan fingerprint density at radius 2 is 1.96 bits per heavy atom. The van der Waals surface area contributed by atoms with E-state index in [1.165, 1.54) is 27.8 Å². The topological polar surface area (TPSA) is 119 Å². The molecule has 0 aliphatic carbocycles. The molecule has 0 aromatic heterocycles. The molecule has 2 rings (SSSR count). The molecule has 138 valence electrons. The number of aromatic hydroxyl groups is 1. The van der Waals surface area contributed by atoms with Crippen LogP contribution in [-0.2, 0) is 15.6 Å². The zero-order valence-electron chi connectivity index (χ0n) is 14.2. The van der Waals surface area contributed by atoms with Crippen molar-refractivity contribution >= 4 is 22.0 Å². The van der Waals surface area contributed by atoms with E-state index in [1.54, 1.807) is 0 Å². The number of carbonyl (C=O) groups is 1. The highest BCUT2D eigenvalue weighted by Crippen LogP contribution is 2.37. The predicted octanol–water partition coefficient (Wildman–Crippen LogP) is 1.47. The number of nitrogens with zero attached hydrogens (tertiary/aromatic N) is 2. The van der Waals surface area contributed by atoms with Crippen molar-refractivity contribution in [3.05, 3.63) is 29.6 Å². The number of phenols is 1. The Morgan fingerprint density at radius 1 is 1.36 bits per heavy atom. The Morgan fingerprint density at radius 3 is 2.52 bits per heavy atom. The minimum atomic E-state index is -3.98. The Labute approximate surface area is 145 Å². The van der Waals surface area contributed by atoms with Crippen molar-refractivity contribution in [3.8, 4) is 5.75 Å². The van der Waals surface area contributed by atoms with Crippen LogP contribution < -0.4 is 5.32 Å². The predicted molar refractivity (Wildman–Crippen MR) is 89.6 cm³/mol. The lowest BCUT2D eigenvalue weighted by atomic mass is 9.91. The summed E-state index contributed by atoms with van der Waals surface area (Å²) in [6.07, 6.45) is -1.48. The smallest absolute Gasteiger partial charge is 0.410 e. The van der Waals surface area contributed by atoms with Crippen molar-refractivity contribution in [2.45, 2.75) is 31.1 Å². The van der Waals surface area contributed by atoms with E-state index in [-0.39, 0.29) is 23.7 Å². The van der Waals surface area contributed by atoms with E-state index in [2.05, 4.69) is 4.99 Å². The number of hydrogen-bond acceptors (Lipinski definition) is 5. The summed E-state index contributed by atoms with van der Waals surface area (Å²) < 4.78 is 39.3. The van der Waals surface area contributed by atoms with Gasteiger partial charge < -0.3 is 10.2 Å². The fourth-order valence-corrected chi connectivity index (χ4v) is 4.34. The van der Waals surface area contributed by atoms with Crippen LogP contribution in [0.3, 0.4) is 0 Å². The van der Waals surface area contributed by atoms with Gasteiger partial charge in [-0.2, -0.15) is 0 Å². The average Bonchev–Trinajstić information content (AvgIpc) is 2.51. The van der Waals surface area contributed by atoms with E-state index >= 15 is 0 Å². The molecule has 25 heavy (non-hydrogen) atoms. The number of halogens is 1. The summed E-state index contributed by atoms with van der Waals surface area (Å²) in [5.74, 6) is -1.23. The van der Waals surface area contributed by atoms with Gasteiger partial charge in [0.15, 0.2) is 0 Å². The monoisotopic (exact) mass is 373 g/mol. The third-order valence-corrected chi connectivity index (χ3v) is 6.70. The standard InChI is InChI=1S/C15H20FN3O5S/c1-14(2)12(17-13(21)22)18-15(3,8-19(4)25(14,23)24)10-7-9(20)5-6-11(10)16/h5-7,20H,8H2,1-4H3,(H,17,18)(H,21,22)/t15-/m0/s1. The molecule has 1 atom stereocenters. The van der Waals surface area contributed by atoms with Crippen LogP contribution in [0.1, 0.15) is 26.3 Å². The Kier molecular flexibility index (Phi) is 4.56. The van der Waals surface area contributed by atoms with Gasteiger partial charge in [-0.3, -0.25) is 10.3 Å². The van der Waals surface area contributed by atoms with Crippen molar-refractivity contribution < 1.29 is 27.8 Å². The second-order valence-corrected chi connectivity index (χ2v) is 9.19. The summed E-state index contributed by atoms with van der Waals surface area (Å²) in [6, 6.07) is 3.35. The number of benzene rings is 1. The maximum absolute atomic E-state index is 14.3. The van der Waals surface area contributed by atoms with Crippen LogP contribution in [0.2, 0.25) is 0 Å². The first kappa shape index (κ1) is 19.1. The van der Waals surface area contributed by atoms with Gasteiger partial charge in [-0.05, 0) is 39.0 Å². The van der Waals surface area contributed by atoms with Crippen molar-refractivity contribution in [1.29, 1.82) is 0 Å². The van der Waals surface area contributed by atoms with E-state index < -0.39 is 32.2 Å². The second-order valence-electron chi connectivity index (χ2n) is 6.60. The quantitative estimate of drug-likeness (QED) is 0.689. The molecule has 0 saturated carbocycles. The number of likely N-dealkylation sites (N-methyl/N-ethyl adjacent to an activating group) is 1. The lowest BCUT2D eigenvalue weighted by Gasteiger charge is -2.29. The molecule has 1 aromatic rings. The number of hydrogen-bond donors (Lipinski definition) is 3. The van der Waals surface area contributed by atoms with E-state index in [0.717, 1.165) is 22.5 Å². The molecule has 1 heterocycles. The lowest BCUT2D eigenvalue weighted by Crippen LogP contribution is -2.52. The van der Waals surface area contributed by atoms with Crippen LogP contribution in [-0.4, -0.2) is 53.2 Å². The largest absolute Gasteiger partial charge is 0.508 e. The maximum Gasteiger partial charge on any atom is 0.410 e. The zero-order chi connectivity index (χ0) is 19.2. The molecule has 1 aliphatic rings. The van der Waals surface area contributed by atoms with Gasteiger partial charge in [-0.25, -0.2) is 21.9 Å². The van der Waals surface area contributed by atoms with E-state index in [0.29, 0.717) is 0 Å². The Hall–Kier alpha value is -2.20. The maximum atomic E-state index is 14.3. The highest BCUT2D eigenvalue weighted by molar-refractivity contribution is 7.91. The van der Waals surface area contributed by atoms with E-state index in [9.17, 15) is 22.7 Å².